The number of nitrogens with one attached hydrogen (secondary N) is 1. The zero-order chi connectivity index (χ0) is 23.0. The Balaban J connectivity index is 1.51. The van der Waals surface area contributed by atoms with Gasteiger partial charge < -0.3 is 9.84 Å². The summed E-state index contributed by atoms with van der Waals surface area (Å²) in [7, 11) is -3.75. The molecule has 4 rings (SSSR count). The Kier molecular flexibility index (Phi) is 6.19. The van der Waals surface area contributed by atoms with Gasteiger partial charge in [0.05, 0.1) is 15.7 Å². The fourth-order valence-electron chi connectivity index (χ4n) is 3.81. The second kappa shape index (κ2) is 8.76. The van der Waals surface area contributed by atoms with Crippen LogP contribution >= 0.6 is 11.3 Å². The number of amides is 1. The zero-order valence-corrected chi connectivity index (χ0v) is 20.1. The maximum Gasteiger partial charge on any atom is 0.244 e. The first kappa shape index (κ1) is 22.6. The Morgan fingerprint density at radius 1 is 1.19 bits per heavy atom. The lowest BCUT2D eigenvalue weighted by atomic mass is 9.98. The van der Waals surface area contributed by atoms with E-state index in [1.54, 1.807) is 19.9 Å². The van der Waals surface area contributed by atoms with Gasteiger partial charge in [-0.1, -0.05) is 11.2 Å². The average molecular weight is 475 g/mol. The Hall–Kier alpha value is -2.56. The molecule has 1 amide bonds. The van der Waals surface area contributed by atoms with Gasteiger partial charge in [0.25, 0.3) is 0 Å². The number of aryl methyl sites for hydroxylation is 4. The third kappa shape index (κ3) is 4.48. The van der Waals surface area contributed by atoms with Crippen molar-refractivity contribution in [1.82, 2.24) is 14.4 Å². The minimum Gasteiger partial charge on any atom is -0.339 e. The standard InChI is InChI=1S/C22H26N4O4S2/c1-13-7-8-18(10-14(13)2)24-22(27)17-6-5-9-26(12-17)32(28,29)20-11-19(31-15(20)3)21-23-16(4)30-25-21/h7-8,10-11,17H,5-6,9,12H2,1-4H3,(H,24,27)/t17-/m1/s1. The molecule has 8 nitrogen and oxygen atoms in total. The second-order valence-corrected chi connectivity index (χ2v) is 11.3. The normalized spacial score (nSPS) is 17.4. The van der Waals surface area contributed by atoms with Crippen molar-refractivity contribution < 1.29 is 17.7 Å². The molecule has 3 heterocycles. The summed E-state index contributed by atoms with van der Waals surface area (Å²) < 4.78 is 33.2. The summed E-state index contributed by atoms with van der Waals surface area (Å²) in [6.07, 6.45) is 1.28. The number of sulfonamides is 1. The molecule has 0 aliphatic carbocycles. The molecule has 0 bridgehead atoms. The summed E-state index contributed by atoms with van der Waals surface area (Å²) in [5.74, 6) is 0.238. The molecule has 1 aliphatic rings. The number of hydrogen-bond donors (Lipinski definition) is 1. The van der Waals surface area contributed by atoms with Gasteiger partial charge in [-0.2, -0.15) is 9.29 Å². The van der Waals surface area contributed by atoms with Crippen molar-refractivity contribution in [2.75, 3.05) is 18.4 Å². The van der Waals surface area contributed by atoms with Crippen LogP contribution < -0.4 is 5.32 Å². The van der Waals surface area contributed by atoms with Crippen LogP contribution in [0.5, 0.6) is 0 Å². The third-order valence-corrected chi connectivity index (χ3v) is 8.93. The van der Waals surface area contributed by atoms with Crippen LogP contribution in [-0.4, -0.2) is 41.9 Å². The van der Waals surface area contributed by atoms with Crippen molar-refractivity contribution in [3.05, 3.63) is 46.2 Å². The van der Waals surface area contributed by atoms with Crippen LogP contribution in [0.1, 0.15) is 34.7 Å². The van der Waals surface area contributed by atoms with Gasteiger partial charge in [-0.15, -0.1) is 11.3 Å². The quantitative estimate of drug-likeness (QED) is 0.598. The van der Waals surface area contributed by atoms with Crippen LogP contribution in [0.15, 0.2) is 33.7 Å². The molecule has 0 radical (unpaired) electrons. The molecule has 1 N–H and O–H groups in total. The van der Waals surface area contributed by atoms with E-state index in [0.717, 1.165) is 16.8 Å². The molecule has 2 aromatic heterocycles. The van der Waals surface area contributed by atoms with Crippen molar-refractivity contribution in [3.63, 3.8) is 0 Å². The van der Waals surface area contributed by atoms with Gasteiger partial charge in [-0.3, -0.25) is 4.79 Å². The molecule has 1 aromatic carbocycles. The lowest BCUT2D eigenvalue weighted by Crippen LogP contribution is -2.43. The van der Waals surface area contributed by atoms with E-state index < -0.39 is 15.9 Å². The van der Waals surface area contributed by atoms with Gasteiger partial charge >= 0.3 is 0 Å². The molecule has 3 aromatic rings. The number of rotatable bonds is 5. The van der Waals surface area contributed by atoms with Gasteiger partial charge in [0.15, 0.2) is 0 Å². The second-order valence-electron chi connectivity index (χ2n) is 8.16. The number of piperidine rings is 1. The van der Waals surface area contributed by atoms with E-state index in [0.29, 0.717) is 40.9 Å². The molecule has 1 fully saturated rings. The highest BCUT2D eigenvalue weighted by atomic mass is 32.2. The highest BCUT2D eigenvalue weighted by Gasteiger charge is 2.35. The van der Waals surface area contributed by atoms with Crippen molar-refractivity contribution >= 4 is 33.0 Å². The molecule has 1 atom stereocenters. The summed E-state index contributed by atoms with van der Waals surface area (Å²) in [6.45, 7) is 8.01. The Bertz CT molecular complexity index is 1260. The average Bonchev–Trinajstić information content (AvgIpc) is 3.36. The lowest BCUT2D eigenvalue weighted by Gasteiger charge is -2.31. The van der Waals surface area contributed by atoms with E-state index >= 15 is 0 Å². The topological polar surface area (TPSA) is 105 Å². The van der Waals surface area contributed by atoms with Crippen molar-refractivity contribution in [2.45, 2.75) is 45.4 Å². The van der Waals surface area contributed by atoms with Crippen LogP contribution in [0.3, 0.4) is 0 Å². The van der Waals surface area contributed by atoms with E-state index in [9.17, 15) is 13.2 Å². The Morgan fingerprint density at radius 3 is 2.66 bits per heavy atom. The fraction of sp³-hybridized carbons (Fsp3) is 0.409. The SMILES string of the molecule is Cc1nc(-c2cc(S(=O)(=O)N3CCC[C@@H](C(=O)Nc4ccc(C)c(C)c4)C3)c(C)s2)no1. The lowest BCUT2D eigenvalue weighted by molar-refractivity contribution is -0.120. The number of thiophene rings is 1. The highest BCUT2D eigenvalue weighted by Crippen LogP contribution is 2.35. The van der Waals surface area contributed by atoms with Crippen LogP contribution in [-0.2, 0) is 14.8 Å². The molecule has 0 spiro atoms. The molecule has 10 heteroatoms. The maximum absolute atomic E-state index is 13.4. The molecule has 1 saturated heterocycles. The van der Waals surface area contributed by atoms with E-state index in [2.05, 4.69) is 15.5 Å². The number of aromatic nitrogens is 2. The molecule has 32 heavy (non-hydrogen) atoms. The first-order valence-corrected chi connectivity index (χ1v) is 12.7. The number of nitrogens with zero attached hydrogens (tertiary/aromatic N) is 3. The molecule has 0 saturated carbocycles. The molecular weight excluding hydrogens is 448 g/mol. The van der Waals surface area contributed by atoms with Gasteiger partial charge in [-0.05, 0) is 62.9 Å². The van der Waals surface area contributed by atoms with Gasteiger partial charge in [-0.25, -0.2) is 8.42 Å². The van der Waals surface area contributed by atoms with Crippen molar-refractivity contribution in [2.24, 2.45) is 5.92 Å². The Morgan fingerprint density at radius 2 is 1.97 bits per heavy atom. The molecule has 1 aliphatic heterocycles. The van der Waals surface area contributed by atoms with Crippen LogP contribution in [0, 0.1) is 33.6 Å². The third-order valence-electron chi connectivity index (χ3n) is 5.77. The van der Waals surface area contributed by atoms with Crippen molar-refractivity contribution in [1.29, 1.82) is 0 Å². The number of anilines is 1. The fourth-order valence-corrected chi connectivity index (χ4v) is 6.82. The van der Waals surface area contributed by atoms with Crippen molar-refractivity contribution in [3.8, 4) is 10.7 Å². The summed E-state index contributed by atoms with van der Waals surface area (Å²) >= 11 is 1.31. The highest BCUT2D eigenvalue weighted by molar-refractivity contribution is 7.89. The minimum atomic E-state index is -3.75. The number of benzene rings is 1. The van der Waals surface area contributed by atoms with Gasteiger partial charge in [0, 0.05) is 30.6 Å². The van der Waals surface area contributed by atoms with E-state index in [-0.39, 0.29) is 17.3 Å². The number of carbonyl (C=O) groups excluding carboxylic acids is 1. The molecule has 0 unspecified atom stereocenters. The summed E-state index contributed by atoms with van der Waals surface area (Å²) in [6, 6.07) is 7.36. The predicted molar refractivity (Wildman–Crippen MR) is 123 cm³/mol. The molecule has 170 valence electrons. The van der Waals surface area contributed by atoms with E-state index in [1.165, 1.54) is 15.6 Å². The van der Waals surface area contributed by atoms with Gasteiger partial charge in [0.2, 0.25) is 27.6 Å². The van der Waals surface area contributed by atoms with E-state index in [4.69, 9.17) is 4.52 Å². The largest absolute Gasteiger partial charge is 0.339 e. The first-order valence-electron chi connectivity index (χ1n) is 10.4. The molecular formula is C22H26N4O4S2. The number of hydrogen-bond acceptors (Lipinski definition) is 7. The van der Waals surface area contributed by atoms with Crippen LogP contribution in [0.25, 0.3) is 10.7 Å². The first-order chi connectivity index (χ1) is 15.1. The monoisotopic (exact) mass is 474 g/mol. The minimum absolute atomic E-state index is 0.154. The summed E-state index contributed by atoms with van der Waals surface area (Å²) in [5.41, 5.74) is 2.97. The summed E-state index contributed by atoms with van der Waals surface area (Å²) in [4.78, 5) is 18.6. The maximum atomic E-state index is 13.4. The van der Waals surface area contributed by atoms with Crippen LogP contribution in [0.4, 0.5) is 5.69 Å². The Labute approximate surface area is 191 Å². The van der Waals surface area contributed by atoms with Crippen LogP contribution in [0.2, 0.25) is 0 Å². The zero-order valence-electron chi connectivity index (χ0n) is 18.5. The smallest absolute Gasteiger partial charge is 0.244 e. The van der Waals surface area contributed by atoms with E-state index in [1.807, 2.05) is 32.0 Å². The summed E-state index contributed by atoms with van der Waals surface area (Å²) in [5, 5.41) is 6.83. The number of carbonyl (C=O) groups is 1. The van der Waals surface area contributed by atoms with Gasteiger partial charge in [0.1, 0.15) is 0 Å². The predicted octanol–water partition coefficient (Wildman–Crippen LogP) is 4.07.